The van der Waals surface area contributed by atoms with Crippen molar-refractivity contribution in [3.63, 3.8) is 0 Å². The number of thiophene rings is 1. The summed E-state index contributed by atoms with van der Waals surface area (Å²) in [5, 5.41) is 9.33. The van der Waals surface area contributed by atoms with Gasteiger partial charge in [0.25, 0.3) is 5.89 Å². The van der Waals surface area contributed by atoms with Gasteiger partial charge in [-0.15, -0.1) is 11.3 Å². The van der Waals surface area contributed by atoms with Crippen LogP contribution in [0.1, 0.15) is 40.4 Å². The van der Waals surface area contributed by atoms with Crippen molar-refractivity contribution in [3.05, 3.63) is 98.9 Å². The van der Waals surface area contributed by atoms with Gasteiger partial charge in [0.2, 0.25) is 5.82 Å². The van der Waals surface area contributed by atoms with Crippen LogP contribution in [0.4, 0.5) is 9.18 Å². The average molecular weight is 489 g/mol. The molecule has 0 saturated carbocycles. The Morgan fingerprint density at radius 1 is 1.09 bits per heavy atom. The predicted molar refractivity (Wildman–Crippen MR) is 134 cm³/mol. The van der Waals surface area contributed by atoms with Crippen LogP contribution >= 0.6 is 11.3 Å². The molecule has 0 bridgehead atoms. The summed E-state index contributed by atoms with van der Waals surface area (Å²) in [6.07, 6.45) is 0.745. The summed E-state index contributed by atoms with van der Waals surface area (Å²) in [6, 6.07) is 15.6. The molecule has 1 N–H and O–H groups in total. The lowest BCUT2D eigenvalue weighted by Gasteiger charge is -2.35. The van der Waals surface area contributed by atoms with Crippen LogP contribution in [0, 0.1) is 19.7 Å². The van der Waals surface area contributed by atoms with Gasteiger partial charge in [-0.2, -0.15) is 4.98 Å². The van der Waals surface area contributed by atoms with Gasteiger partial charge in [0, 0.05) is 22.7 Å². The molecule has 2 aromatic carbocycles. The number of hydrogen-bond acceptors (Lipinski definition) is 5. The molecule has 5 rings (SSSR count). The summed E-state index contributed by atoms with van der Waals surface area (Å²) in [6.45, 7) is 6.55. The van der Waals surface area contributed by atoms with E-state index in [1.165, 1.54) is 22.6 Å². The van der Waals surface area contributed by atoms with E-state index in [1.54, 1.807) is 28.4 Å². The first-order valence-electron chi connectivity index (χ1n) is 11.4. The van der Waals surface area contributed by atoms with Gasteiger partial charge in [-0.3, -0.25) is 4.90 Å². The molecule has 4 aromatic rings. The van der Waals surface area contributed by atoms with Gasteiger partial charge in [0.15, 0.2) is 0 Å². The minimum absolute atomic E-state index is 0.163. The maximum Gasteiger partial charge on any atom is 0.322 e. The zero-order chi connectivity index (χ0) is 24.5. The van der Waals surface area contributed by atoms with Crippen molar-refractivity contribution in [3.8, 4) is 11.4 Å². The number of urea groups is 1. The monoisotopic (exact) mass is 488 g/mol. The number of carbonyl (C=O) groups is 1. The normalized spacial score (nSPS) is 16.1. The number of benzene rings is 2. The highest BCUT2D eigenvalue weighted by Gasteiger charge is 2.35. The SMILES string of the molecule is CC1=C(c2nc(-c3ccc(F)cc3)no2)C(c2ccc(C)c(C)c2)NC(=O)N1CCc1cccs1. The molecule has 0 radical (unpaired) electrons. The zero-order valence-electron chi connectivity index (χ0n) is 19.7. The number of rotatable bonds is 6. The lowest BCUT2D eigenvalue weighted by molar-refractivity contribution is 0.205. The minimum atomic E-state index is -0.443. The summed E-state index contributed by atoms with van der Waals surface area (Å²) in [7, 11) is 0. The summed E-state index contributed by atoms with van der Waals surface area (Å²) < 4.78 is 19.1. The van der Waals surface area contributed by atoms with Crippen molar-refractivity contribution in [1.29, 1.82) is 0 Å². The summed E-state index contributed by atoms with van der Waals surface area (Å²) >= 11 is 1.67. The molecule has 6 nitrogen and oxygen atoms in total. The molecule has 1 aliphatic heterocycles. The molecule has 0 aliphatic carbocycles. The molecule has 0 spiro atoms. The Hall–Kier alpha value is -3.78. The van der Waals surface area contributed by atoms with Crippen molar-refractivity contribution in [1.82, 2.24) is 20.4 Å². The lowest BCUT2D eigenvalue weighted by Crippen LogP contribution is -2.46. The molecule has 1 unspecified atom stereocenters. The van der Waals surface area contributed by atoms with Crippen LogP contribution in [0.25, 0.3) is 17.0 Å². The Kier molecular flexibility index (Phi) is 6.21. The molecule has 2 aromatic heterocycles. The van der Waals surface area contributed by atoms with Crippen LogP contribution in [0.2, 0.25) is 0 Å². The maximum atomic E-state index is 13.4. The van der Waals surface area contributed by atoms with Gasteiger partial charge in [-0.05, 0) is 79.6 Å². The van der Waals surface area contributed by atoms with Gasteiger partial charge in [0.05, 0.1) is 11.6 Å². The second kappa shape index (κ2) is 9.46. The highest BCUT2D eigenvalue weighted by Crippen LogP contribution is 2.38. The van der Waals surface area contributed by atoms with Crippen LogP contribution in [0.3, 0.4) is 0 Å². The number of carbonyl (C=O) groups excluding carboxylic acids is 1. The first-order chi connectivity index (χ1) is 16.9. The Bertz CT molecular complexity index is 1390. The number of halogens is 1. The summed E-state index contributed by atoms with van der Waals surface area (Å²) in [5.41, 5.74) is 5.41. The van der Waals surface area contributed by atoms with Crippen molar-refractivity contribution in [2.75, 3.05) is 6.54 Å². The number of hydrogen-bond donors (Lipinski definition) is 1. The van der Waals surface area contributed by atoms with Crippen LogP contribution in [0.5, 0.6) is 0 Å². The van der Waals surface area contributed by atoms with E-state index < -0.39 is 6.04 Å². The molecule has 0 fully saturated rings. The highest BCUT2D eigenvalue weighted by atomic mass is 32.1. The molecule has 1 aliphatic rings. The van der Waals surface area contributed by atoms with E-state index in [-0.39, 0.29) is 11.8 Å². The van der Waals surface area contributed by atoms with E-state index in [0.29, 0.717) is 23.8 Å². The number of nitrogens with one attached hydrogen (secondary N) is 1. The summed E-state index contributed by atoms with van der Waals surface area (Å²) in [4.78, 5) is 20.8. The second-order valence-electron chi connectivity index (χ2n) is 8.64. The van der Waals surface area contributed by atoms with Crippen molar-refractivity contribution in [2.24, 2.45) is 0 Å². The second-order valence-corrected chi connectivity index (χ2v) is 9.67. The Morgan fingerprint density at radius 3 is 2.60 bits per heavy atom. The van der Waals surface area contributed by atoms with Crippen LogP contribution in [-0.4, -0.2) is 27.6 Å². The molecule has 8 heteroatoms. The number of aryl methyl sites for hydroxylation is 2. The number of amides is 2. The van der Waals surface area contributed by atoms with E-state index in [1.807, 2.05) is 37.4 Å². The first kappa shape index (κ1) is 23.0. The smallest absolute Gasteiger partial charge is 0.322 e. The van der Waals surface area contributed by atoms with Crippen molar-refractivity contribution in [2.45, 2.75) is 33.2 Å². The molecule has 1 atom stereocenters. The van der Waals surface area contributed by atoms with Crippen LogP contribution in [-0.2, 0) is 6.42 Å². The fraction of sp³-hybridized carbons (Fsp3) is 0.222. The quantitative estimate of drug-likeness (QED) is 0.346. The third-order valence-electron chi connectivity index (χ3n) is 6.38. The molecule has 3 heterocycles. The summed E-state index contributed by atoms with van der Waals surface area (Å²) in [5.74, 6) is 0.356. The van der Waals surface area contributed by atoms with Gasteiger partial charge in [0.1, 0.15) is 5.82 Å². The average Bonchev–Trinajstić information content (AvgIpc) is 3.53. The minimum Gasteiger partial charge on any atom is -0.334 e. The van der Waals surface area contributed by atoms with Gasteiger partial charge >= 0.3 is 6.03 Å². The number of allylic oxidation sites excluding steroid dienone is 1. The lowest BCUT2D eigenvalue weighted by atomic mass is 9.92. The molecular formula is C27H25FN4O2S. The number of aromatic nitrogens is 2. The van der Waals surface area contributed by atoms with E-state index in [9.17, 15) is 9.18 Å². The number of nitrogens with zero attached hydrogens (tertiary/aromatic N) is 3. The predicted octanol–water partition coefficient (Wildman–Crippen LogP) is 6.29. The Morgan fingerprint density at radius 2 is 1.89 bits per heavy atom. The first-order valence-corrected chi connectivity index (χ1v) is 12.3. The van der Waals surface area contributed by atoms with Gasteiger partial charge in [-0.25, -0.2) is 9.18 Å². The Labute approximate surface area is 207 Å². The topological polar surface area (TPSA) is 71.3 Å². The molecular weight excluding hydrogens is 463 g/mol. The van der Waals surface area contributed by atoms with Crippen molar-refractivity contribution >= 4 is 22.9 Å². The maximum absolute atomic E-state index is 13.4. The van der Waals surface area contributed by atoms with Gasteiger partial charge < -0.3 is 9.84 Å². The molecule has 0 saturated heterocycles. The highest BCUT2D eigenvalue weighted by molar-refractivity contribution is 7.09. The standard InChI is InChI=1S/C27H25FN4O2S/c1-16-6-7-20(15-17(16)2)24-23(26-30-25(31-34-26)19-8-10-21(28)11-9-19)18(3)32(27(33)29-24)13-12-22-5-4-14-35-22/h4-11,14-15,24H,12-13H2,1-3H3,(H,29,33). The molecule has 2 amide bonds. The third kappa shape index (κ3) is 4.61. The fourth-order valence-electron chi connectivity index (χ4n) is 4.25. The van der Waals surface area contributed by atoms with E-state index >= 15 is 0 Å². The zero-order valence-corrected chi connectivity index (χ0v) is 20.5. The fourth-order valence-corrected chi connectivity index (χ4v) is 4.95. The van der Waals surface area contributed by atoms with Gasteiger partial charge in [-0.1, -0.05) is 29.4 Å². The molecule has 35 heavy (non-hydrogen) atoms. The Balaban J connectivity index is 1.56. The van der Waals surface area contributed by atoms with Crippen LogP contribution in [0.15, 0.2) is 70.2 Å². The van der Waals surface area contributed by atoms with Crippen LogP contribution < -0.4 is 5.32 Å². The largest absolute Gasteiger partial charge is 0.334 e. The van der Waals surface area contributed by atoms with E-state index in [2.05, 4.69) is 34.5 Å². The molecule has 178 valence electrons. The van der Waals surface area contributed by atoms with Crippen molar-refractivity contribution < 1.29 is 13.7 Å². The van der Waals surface area contributed by atoms with E-state index in [0.717, 1.165) is 28.8 Å². The third-order valence-corrected chi connectivity index (χ3v) is 7.32. The van der Waals surface area contributed by atoms with E-state index in [4.69, 9.17) is 4.52 Å².